The zero-order valence-electron chi connectivity index (χ0n) is 15.7. The maximum atomic E-state index is 11.9. The molecule has 27 heavy (non-hydrogen) atoms. The lowest BCUT2D eigenvalue weighted by molar-refractivity contribution is -0.117. The maximum absolute atomic E-state index is 11.9. The molecule has 1 amide bonds. The van der Waals surface area contributed by atoms with Crippen molar-refractivity contribution in [2.45, 2.75) is 33.2 Å². The summed E-state index contributed by atoms with van der Waals surface area (Å²) >= 11 is 5.39. The number of carbonyl (C=O) groups is 1. The van der Waals surface area contributed by atoms with E-state index >= 15 is 0 Å². The van der Waals surface area contributed by atoms with Crippen LogP contribution < -0.4 is 20.3 Å². The molecule has 0 bridgehead atoms. The average molecular weight is 384 g/mol. The number of anilines is 2. The first-order valence-electron chi connectivity index (χ1n) is 9.24. The van der Waals surface area contributed by atoms with Gasteiger partial charge in [0.1, 0.15) is 5.75 Å². The van der Waals surface area contributed by atoms with E-state index in [-0.39, 0.29) is 5.91 Å². The van der Waals surface area contributed by atoms with E-state index in [1.54, 1.807) is 0 Å². The van der Waals surface area contributed by atoms with Gasteiger partial charge in [0.05, 0.1) is 6.61 Å². The lowest BCUT2D eigenvalue weighted by Gasteiger charge is -2.19. The lowest BCUT2D eigenvalue weighted by Crippen LogP contribution is -2.28. The Bertz CT molecular complexity index is 821. The van der Waals surface area contributed by atoms with Crippen molar-refractivity contribution < 1.29 is 9.53 Å². The van der Waals surface area contributed by atoms with E-state index < -0.39 is 0 Å². The van der Waals surface area contributed by atoms with E-state index in [1.165, 1.54) is 0 Å². The van der Waals surface area contributed by atoms with E-state index in [0.29, 0.717) is 24.7 Å². The molecule has 0 aliphatic carbocycles. The predicted octanol–water partition coefficient (Wildman–Crippen LogP) is 4.01. The number of amides is 1. The molecule has 0 spiro atoms. The van der Waals surface area contributed by atoms with E-state index in [2.05, 4.69) is 10.6 Å². The first-order valence-corrected chi connectivity index (χ1v) is 9.65. The van der Waals surface area contributed by atoms with Crippen LogP contribution in [0, 0.1) is 6.92 Å². The van der Waals surface area contributed by atoms with Gasteiger partial charge in [-0.25, -0.2) is 0 Å². The Morgan fingerprint density at radius 2 is 2.00 bits per heavy atom. The van der Waals surface area contributed by atoms with Crippen LogP contribution in [0.3, 0.4) is 0 Å². The van der Waals surface area contributed by atoms with Gasteiger partial charge in [-0.15, -0.1) is 0 Å². The summed E-state index contributed by atoms with van der Waals surface area (Å²) in [6, 6.07) is 13.9. The summed E-state index contributed by atoms with van der Waals surface area (Å²) in [6.07, 6.45) is 1.57. The number of rotatable bonds is 6. The highest BCUT2D eigenvalue weighted by Crippen LogP contribution is 2.27. The number of ether oxygens (including phenoxy) is 1. The average Bonchev–Trinajstić information content (AvgIpc) is 3.07. The summed E-state index contributed by atoms with van der Waals surface area (Å²) in [4.78, 5) is 13.8. The molecule has 142 valence electrons. The number of nitrogens with one attached hydrogen (secondary N) is 2. The highest BCUT2D eigenvalue weighted by Gasteiger charge is 2.22. The minimum absolute atomic E-state index is 0.200. The van der Waals surface area contributed by atoms with Gasteiger partial charge in [-0.2, -0.15) is 0 Å². The Hall–Kier alpha value is -2.60. The van der Waals surface area contributed by atoms with E-state index in [0.717, 1.165) is 41.2 Å². The Kier molecular flexibility index (Phi) is 6.29. The van der Waals surface area contributed by atoms with Crippen molar-refractivity contribution >= 4 is 34.6 Å². The SMILES string of the molecule is CCOc1ccc(CNC(=S)Nc2ccc(N3CCCC3=O)c(C)c2)cc1. The van der Waals surface area contributed by atoms with Gasteiger partial charge in [-0.1, -0.05) is 12.1 Å². The number of thiocarbonyl (C=S) groups is 1. The van der Waals surface area contributed by atoms with Crippen molar-refractivity contribution in [3.8, 4) is 5.75 Å². The summed E-state index contributed by atoms with van der Waals surface area (Å²) in [6.45, 7) is 6.08. The monoisotopic (exact) mass is 383 g/mol. The van der Waals surface area contributed by atoms with Crippen molar-refractivity contribution in [1.82, 2.24) is 5.32 Å². The van der Waals surface area contributed by atoms with Crippen LogP contribution >= 0.6 is 12.2 Å². The number of aryl methyl sites for hydroxylation is 1. The third-order valence-corrected chi connectivity index (χ3v) is 4.75. The lowest BCUT2D eigenvalue weighted by atomic mass is 10.1. The molecule has 1 aliphatic rings. The third-order valence-electron chi connectivity index (χ3n) is 4.51. The second kappa shape index (κ2) is 8.86. The molecule has 0 saturated carbocycles. The standard InChI is InChI=1S/C21H25N3O2S/c1-3-26-18-9-6-16(7-10-18)14-22-21(27)23-17-8-11-19(15(2)13-17)24-12-4-5-20(24)25/h6-11,13H,3-5,12,14H2,1-2H3,(H2,22,23,27). The molecule has 2 aromatic carbocycles. The van der Waals surface area contributed by atoms with E-state index in [9.17, 15) is 4.79 Å². The van der Waals surface area contributed by atoms with Gasteiger partial charge < -0.3 is 20.3 Å². The van der Waals surface area contributed by atoms with Crippen LogP contribution in [-0.2, 0) is 11.3 Å². The molecule has 0 radical (unpaired) electrons. The molecule has 1 fully saturated rings. The van der Waals surface area contributed by atoms with E-state index in [4.69, 9.17) is 17.0 Å². The molecular weight excluding hydrogens is 358 g/mol. The fraction of sp³-hybridized carbons (Fsp3) is 0.333. The molecule has 1 heterocycles. The fourth-order valence-electron chi connectivity index (χ4n) is 3.17. The quantitative estimate of drug-likeness (QED) is 0.739. The summed E-state index contributed by atoms with van der Waals surface area (Å²) in [7, 11) is 0. The van der Waals surface area contributed by atoms with Gasteiger partial charge in [0, 0.05) is 30.9 Å². The number of nitrogens with zero attached hydrogens (tertiary/aromatic N) is 1. The van der Waals surface area contributed by atoms with Crippen LogP contribution in [-0.4, -0.2) is 24.2 Å². The Labute approximate surface area is 165 Å². The van der Waals surface area contributed by atoms with Crippen LogP contribution in [0.2, 0.25) is 0 Å². The minimum atomic E-state index is 0.200. The van der Waals surface area contributed by atoms with Gasteiger partial charge in [0.25, 0.3) is 0 Å². The molecule has 1 aliphatic heterocycles. The van der Waals surface area contributed by atoms with Crippen molar-refractivity contribution in [1.29, 1.82) is 0 Å². The van der Waals surface area contributed by atoms with Gasteiger partial charge in [-0.3, -0.25) is 4.79 Å². The second-order valence-corrected chi connectivity index (χ2v) is 6.94. The van der Waals surface area contributed by atoms with Gasteiger partial charge in [-0.05, 0) is 73.9 Å². The Balaban J connectivity index is 1.54. The highest BCUT2D eigenvalue weighted by molar-refractivity contribution is 7.80. The smallest absolute Gasteiger partial charge is 0.227 e. The molecule has 2 N–H and O–H groups in total. The van der Waals surface area contributed by atoms with Gasteiger partial charge in [0.2, 0.25) is 5.91 Å². The number of hydrogen-bond donors (Lipinski definition) is 2. The van der Waals surface area contributed by atoms with E-state index in [1.807, 2.05) is 61.2 Å². The van der Waals surface area contributed by atoms with Crippen molar-refractivity contribution in [2.75, 3.05) is 23.4 Å². The molecule has 6 heteroatoms. The van der Waals surface area contributed by atoms with Crippen molar-refractivity contribution in [2.24, 2.45) is 0 Å². The van der Waals surface area contributed by atoms with Crippen molar-refractivity contribution in [3.63, 3.8) is 0 Å². The molecule has 3 rings (SSSR count). The zero-order chi connectivity index (χ0) is 19.2. The van der Waals surface area contributed by atoms with Gasteiger partial charge >= 0.3 is 0 Å². The predicted molar refractivity (Wildman–Crippen MR) is 113 cm³/mol. The summed E-state index contributed by atoms with van der Waals surface area (Å²) in [5, 5.41) is 6.98. The first kappa shape index (κ1) is 19.2. The molecule has 0 atom stereocenters. The molecule has 5 nitrogen and oxygen atoms in total. The number of benzene rings is 2. The topological polar surface area (TPSA) is 53.6 Å². The molecule has 0 unspecified atom stereocenters. The third kappa shape index (κ3) is 4.98. The molecule has 2 aromatic rings. The molecular formula is C21H25N3O2S. The maximum Gasteiger partial charge on any atom is 0.227 e. The molecule has 1 saturated heterocycles. The number of hydrogen-bond acceptors (Lipinski definition) is 3. The van der Waals surface area contributed by atoms with Gasteiger partial charge in [0.15, 0.2) is 5.11 Å². The van der Waals surface area contributed by atoms with Crippen LogP contribution in [0.4, 0.5) is 11.4 Å². The Morgan fingerprint density at radius 3 is 2.63 bits per heavy atom. The largest absolute Gasteiger partial charge is 0.494 e. The summed E-state index contributed by atoms with van der Waals surface area (Å²) in [5.74, 6) is 1.07. The highest BCUT2D eigenvalue weighted by atomic mass is 32.1. The summed E-state index contributed by atoms with van der Waals surface area (Å²) in [5.41, 5.74) is 4.08. The zero-order valence-corrected chi connectivity index (χ0v) is 16.6. The second-order valence-electron chi connectivity index (χ2n) is 6.53. The number of carbonyl (C=O) groups excluding carboxylic acids is 1. The first-order chi connectivity index (χ1) is 13.1. The van der Waals surface area contributed by atoms with Crippen LogP contribution in [0.5, 0.6) is 5.75 Å². The Morgan fingerprint density at radius 1 is 1.22 bits per heavy atom. The van der Waals surface area contributed by atoms with Crippen LogP contribution in [0.1, 0.15) is 30.9 Å². The summed E-state index contributed by atoms with van der Waals surface area (Å²) < 4.78 is 5.45. The normalized spacial score (nSPS) is 13.6. The van der Waals surface area contributed by atoms with Crippen LogP contribution in [0.15, 0.2) is 42.5 Å². The van der Waals surface area contributed by atoms with Crippen LogP contribution in [0.25, 0.3) is 0 Å². The van der Waals surface area contributed by atoms with Crippen molar-refractivity contribution in [3.05, 3.63) is 53.6 Å². The molecule has 0 aromatic heterocycles. The minimum Gasteiger partial charge on any atom is -0.494 e. The fourth-order valence-corrected chi connectivity index (χ4v) is 3.36.